The Hall–Kier alpha value is -7.88. The van der Waals surface area contributed by atoms with Crippen LogP contribution >= 0.6 is 0 Å². The van der Waals surface area contributed by atoms with E-state index in [1.165, 1.54) is 49.7 Å². The van der Waals surface area contributed by atoms with Crippen molar-refractivity contribution in [1.82, 2.24) is 0 Å². The minimum Gasteiger partial charge on any atom is -0.456 e. The third-order valence-electron chi connectivity index (χ3n) is 13.8. The summed E-state index contributed by atoms with van der Waals surface area (Å²) < 4.78 is 6.83. The van der Waals surface area contributed by atoms with E-state index in [1.54, 1.807) is 0 Å². The Kier molecular flexibility index (Phi) is 11.1. The number of benzene rings is 10. The topological polar surface area (TPSA) is 19.6 Å². The quantitative estimate of drug-likeness (QED) is 0.129. The van der Waals surface area contributed by atoms with Crippen LogP contribution in [0.3, 0.4) is 0 Å². The molecule has 1 aromatic heterocycles. The summed E-state index contributed by atoms with van der Waals surface area (Å²) in [6.45, 7) is 13.5. The normalized spacial score (nSPS) is 11.8. The van der Waals surface area contributed by atoms with Crippen molar-refractivity contribution in [3.05, 3.63) is 229 Å². The zero-order valence-electron chi connectivity index (χ0n) is 39.7. The van der Waals surface area contributed by atoms with E-state index in [1.807, 2.05) is 0 Å². The predicted octanol–water partition coefficient (Wildman–Crippen LogP) is 19.5. The molecule has 0 aliphatic rings. The molecule has 0 bridgehead atoms. The average molecular weight is 881 g/mol. The molecule has 11 rings (SSSR count). The highest BCUT2D eigenvalue weighted by Crippen LogP contribution is 2.45. The summed E-state index contributed by atoms with van der Waals surface area (Å²) in [5.41, 5.74) is 17.1. The van der Waals surface area contributed by atoms with Crippen LogP contribution in [0, 0.1) is 0 Å². The first-order chi connectivity index (χ1) is 33.2. The van der Waals surface area contributed by atoms with Gasteiger partial charge in [0.1, 0.15) is 11.2 Å². The largest absolute Gasteiger partial charge is 0.456 e. The van der Waals surface area contributed by atoms with Gasteiger partial charge in [-0.2, -0.15) is 0 Å². The Labute approximate surface area is 400 Å². The first-order valence-corrected chi connectivity index (χ1v) is 24.1. The molecule has 332 valence electrons. The van der Waals surface area contributed by atoms with E-state index in [4.69, 9.17) is 4.42 Å². The lowest BCUT2D eigenvalue weighted by Gasteiger charge is -2.28. The number of anilines is 6. The summed E-state index contributed by atoms with van der Waals surface area (Å²) in [6, 6.07) is 78.1. The number of nitrogens with zero attached hydrogens (tertiary/aromatic N) is 2. The number of hydrogen-bond acceptors (Lipinski definition) is 3. The molecule has 1 heterocycles. The van der Waals surface area contributed by atoms with E-state index in [0.717, 1.165) is 66.8 Å². The maximum absolute atomic E-state index is 6.83. The summed E-state index contributed by atoms with van der Waals surface area (Å²) in [5, 5.41) is 6.82. The summed E-state index contributed by atoms with van der Waals surface area (Å²) in [5.74, 6) is 1.37. The molecule has 0 spiro atoms. The van der Waals surface area contributed by atoms with Gasteiger partial charge >= 0.3 is 0 Å². The van der Waals surface area contributed by atoms with Gasteiger partial charge in [0, 0.05) is 44.6 Å². The number of furan rings is 1. The molecular formula is C65H56N2O. The van der Waals surface area contributed by atoms with Gasteiger partial charge in [0.25, 0.3) is 0 Å². The Morgan fingerprint density at radius 3 is 1.10 bits per heavy atom. The highest BCUT2D eigenvalue weighted by molar-refractivity contribution is 6.14. The second kappa shape index (κ2) is 17.7. The third kappa shape index (κ3) is 7.98. The van der Waals surface area contributed by atoms with Crippen LogP contribution in [0.5, 0.6) is 0 Å². The summed E-state index contributed by atoms with van der Waals surface area (Å²) in [4.78, 5) is 4.80. The Morgan fingerprint density at radius 1 is 0.309 bits per heavy atom. The van der Waals surface area contributed by atoms with Crippen molar-refractivity contribution in [1.29, 1.82) is 0 Å². The molecule has 0 radical (unpaired) electrons. The Balaban J connectivity index is 1.02. The molecule has 0 aliphatic heterocycles. The van der Waals surface area contributed by atoms with Crippen LogP contribution in [0.4, 0.5) is 34.1 Å². The van der Waals surface area contributed by atoms with Crippen molar-refractivity contribution in [3.63, 3.8) is 0 Å². The number of para-hydroxylation sites is 2. The average Bonchev–Trinajstić information content (AvgIpc) is 3.71. The molecule has 0 unspecified atom stereocenters. The first kappa shape index (κ1) is 42.7. The van der Waals surface area contributed by atoms with Gasteiger partial charge in [0.05, 0.1) is 11.4 Å². The maximum Gasteiger partial charge on any atom is 0.136 e. The van der Waals surface area contributed by atoms with Gasteiger partial charge in [-0.3, -0.25) is 0 Å². The Bertz CT molecular complexity index is 3580. The number of fused-ring (bicyclic) bond motifs is 5. The van der Waals surface area contributed by atoms with E-state index in [0.29, 0.717) is 17.8 Å². The molecule has 0 saturated carbocycles. The van der Waals surface area contributed by atoms with Crippen LogP contribution in [-0.4, -0.2) is 0 Å². The van der Waals surface area contributed by atoms with Crippen LogP contribution in [-0.2, 0) is 0 Å². The van der Waals surface area contributed by atoms with Gasteiger partial charge in [0.15, 0.2) is 0 Å². The van der Waals surface area contributed by atoms with Crippen LogP contribution in [0.1, 0.15) is 76.0 Å². The smallest absolute Gasteiger partial charge is 0.136 e. The molecule has 68 heavy (non-hydrogen) atoms. The van der Waals surface area contributed by atoms with Crippen LogP contribution < -0.4 is 9.80 Å². The third-order valence-corrected chi connectivity index (χ3v) is 13.8. The highest BCUT2D eigenvalue weighted by atomic mass is 16.3. The van der Waals surface area contributed by atoms with Crippen LogP contribution in [0.15, 0.2) is 217 Å². The van der Waals surface area contributed by atoms with Gasteiger partial charge in [-0.1, -0.05) is 169 Å². The zero-order chi connectivity index (χ0) is 46.5. The first-order valence-electron chi connectivity index (χ1n) is 24.1. The van der Waals surface area contributed by atoms with Crippen molar-refractivity contribution >= 4 is 77.6 Å². The lowest BCUT2D eigenvalue weighted by molar-refractivity contribution is 0.670. The number of hydrogen-bond donors (Lipinski definition) is 0. The van der Waals surface area contributed by atoms with Gasteiger partial charge in [-0.05, 0) is 152 Å². The van der Waals surface area contributed by atoms with E-state index < -0.39 is 0 Å². The summed E-state index contributed by atoms with van der Waals surface area (Å²) in [6.07, 6.45) is 0. The summed E-state index contributed by atoms with van der Waals surface area (Å²) >= 11 is 0. The molecule has 3 nitrogen and oxygen atoms in total. The minimum absolute atomic E-state index is 0.445. The predicted molar refractivity (Wildman–Crippen MR) is 291 cm³/mol. The Morgan fingerprint density at radius 2 is 0.676 bits per heavy atom. The second-order valence-corrected chi connectivity index (χ2v) is 19.2. The van der Waals surface area contributed by atoms with E-state index >= 15 is 0 Å². The van der Waals surface area contributed by atoms with Crippen LogP contribution in [0.2, 0.25) is 0 Å². The van der Waals surface area contributed by atoms with Gasteiger partial charge in [0.2, 0.25) is 0 Å². The number of rotatable bonds is 11. The molecule has 10 aromatic carbocycles. The van der Waals surface area contributed by atoms with Crippen LogP contribution in [0.25, 0.3) is 65.7 Å². The summed E-state index contributed by atoms with van der Waals surface area (Å²) in [7, 11) is 0. The fourth-order valence-electron chi connectivity index (χ4n) is 9.88. The zero-order valence-corrected chi connectivity index (χ0v) is 39.7. The SMILES string of the molecule is CC(C)c1ccc(-c2ccccc2N(c2ccc(C(C)C)cc2)c2ccc3cc4c(cc3c2)oc2cc3cc(N(c5ccc(C(C)C)cc5)c5ccccc5-c5ccccc5)ccc3cc24)cc1. The maximum atomic E-state index is 6.83. The fraction of sp³-hybridized carbons (Fsp3) is 0.138. The molecule has 0 N–H and O–H groups in total. The molecule has 3 heteroatoms. The lowest BCUT2D eigenvalue weighted by atomic mass is 9.96. The van der Waals surface area contributed by atoms with Gasteiger partial charge < -0.3 is 14.2 Å². The minimum atomic E-state index is 0.445. The van der Waals surface area contributed by atoms with Crippen molar-refractivity contribution in [2.75, 3.05) is 9.80 Å². The highest BCUT2D eigenvalue weighted by Gasteiger charge is 2.21. The van der Waals surface area contributed by atoms with E-state index in [-0.39, 0.29) is 0 Å². The monoisotopic (exact) mass is 880 g/mol. The lowest BCUT2D eigenvalue weighted by Crippen LogP contribution is -2.11. The van der Waals surface area contributed by atoms with E-state index in [9.17, 15) is 0 Å². The second-order valence-electron chi connectivity index (χ2n) is 19.2. The van der Waals surface area contributed by atoms with Gasteiger partial charge in [-0.15, -0.1) is 0 Å². The van der Waals surface area contributed by atoms with Crippen molar-refractivity contribution in [2.24, 2.45) is 0 Å². The fourth-order valence-corrected chi connectivity index (χ4v) is 9.88. The molecule has 0 amide bonds. The van der Waals surface area contributed by atoms with Crippen molar-refractivity contribution in [3.8, 4) is 22.3 Å². The molecule has 0 fully saturated rings. The van der Waals surface area contributed by atoms with E-state index in [2.05, 4.69) is 264 Å². The molecule has 0 aliphatic carbocycles. The molecular weight excluding hydrogens is 825 g/mol. The molecule has 11 aromatic rings. The standard InChI is InChI=1S/C65H56N2O/c1-42(2)45-20-22-49(23-21-45)59-17-11-13-19-63(59)67(55-32-26-47(27-33-55)44(5)6)57-35-29-51-39-61-60-38-50-28-34-56(36-52(50)40-64(60)68-65(61)41-53(51)37-57)66(54-30-24-46(25-31-54)43(3)4)62-18-12-10-16-58(62)48-14-8-7-9-15-48/h7-44H,1-6H3. The van der Waals surface area contributed by atoms with Crippen molar-refractivity contribution in [2.45, 2.75) is 59.3 Å². The van der Waals surface area contributed by atoms with Gasteiger partial charge in [-0.25, -0.2) is 0 Å². The van der Waals surface area contributed by atoms with Crippen molar-refractivity contribution < 1.29 is 4.42 Å². The molecule has 0 saturated heterocycles. The molecule has 0 atom stereocenters.